The monoisotopic (exact) mass is 966 g/mol. The maximum atomic E-state index is 12.6. The van der Waals surface area contributed by atoms with Crippen molar-refractivity contribution in [3.8, 4) is 0 Å². The largest absolute Gasteiger partial charge is 0.691 e. The summed E-state index contributed by atoms with van der Waals surface area (Å²) in [6.45, 7) is 18.9. The van der Waals surface area contributed by atoms with E-state index in [1.165, 1.54) is 11.1 Å². The summed E-state index contributed by atoms with van der Waals surface area (Å²) in [5.41, 5.74) is 5.67. The summed E-state index contributed by atoms with van der Waals surface area (Å²) in [5.74, 6) is 1.29. The lowest BCUT2D eigenvalue weighted by Crippen LogP contribution is -2.33. The van der Waals surface area contributed by atoms with E-state index in [4.69, 9.17) is 23.6 Å². The fourth-order valence-electron chi connectivity index (χ4n) is 10.1. The van der Waals surface area contributed by atoms with Crippen molar-refractivity contribution in [2.45, 2.75) is 106 Å². The Hall–Kier alpha value is -5.17. The molecule has 0 spiro atoms. The molecule has 1 aromatic heterocycles. The van der Waals surface area contributed by atoms with E-state index in [2.05, 4.69) is 72.7 Å². The third-order valence-electron chi connectivity index (χ3n) is 13.4. The summed E-state index contributed by atoms with van der Waals surface area (Å²) < 4.78 is 54.1. The topological polar surface area (TPSA) is 163 Å². The molecule has 4 heterocycles. The molecule has 2 unspecified atom stereocenters. The van der Waals surface area contributed by atoms with Gasteiger partial charge in [0, 0.05) is 74.4 Å². The Labute approximate surface area is 404 Å². The van der Waals surface area contributed by atoms with Gasteiger partial charge in [-0.25, -0.2) is 4.58 Å². The Morgan fingerprint density at radius 3 is 2.43 bits per heavy atom. The van der Waals surface area contributed by atoms with Crippen molar-refractivity contribution in [2.75, 3.05) is 45.4 Å². The molecule has 1 N–H and O–H groups in total. The van der Waals surface area contributed by atoms with Crippen LogP contribution in [0.4, 0.5) is 11.5 Å². The van der Waals surface area contributed by atoms with Crippen molar-refractivity contribution in [2.24, 2.45) is 0 Å². The van der Waals surface area contributed by atoms with Gasteiger partial charge in [-0.15, -0.1) is 5.06 Å². The first-order valence-corrected chi connectivity index (χ1v) is 25.2. The number of fused-ring (bicyclic) bond motifs is 6. The van der Waals surface area contributed by atoms with Gasteiger partial charge in [-0.05, 0) is 117 Å². The van der Waals surface area contributed by atoms with E-state index in [0.717, 1.165) is 105 Å². The molecule has 0 bridgehead atoms. The van der Waals surface area contributed by atoms with Crippen LogP contribution in [0.5, 0.6) is 0 Å². The lowest BCUT2D eigenvalue weighted by molar-refractivity contribution is -0.777. The molecule has 4 aromatic rings. The Morgan fingerprint density at radius 1 is 0.971 bits per heavy atom. The number of anilines is 1. The predicted octanol–water partition coefficient (Wildman–Crippen LogP) is 9.93. The Bertz CT molecular complexity index is 2820. The zero-order valence-corrected chi connectivity index (χ0v) is 41.5. The van der Waals surface area contributed by atoms with Crippen LogP contribution < -0.4 is 10.2 Å². The van der Waals surface area contributed by atoms with Crippen LogP contribution in [0.1, 0.15) is 95.2 Å². The van der Waals surface area contributed by atoms with Gasteiger partial charge in [0.1, 0.15) is 22.6 Å². The average Bonchev–Trinajstić information content (AvgIpc) is 3.85. The predicted molar refractivity (Wildman–Crippen MR) is 264 cm³/mol. The summed E-state index contributed by atoms with van der Waals surface area (Å²) >= 11 is 0.869. The number of methoxy groups -OCH3 is 2. The highest BCUT2D eigenvalue weighted by molar-refractivity contribution is 7.94. The Kier molecular flexibility index (Phi) is 16.1. The van der Waals surface area contributed by atoms with Gasteiger partial charge in [0.2, 0.25) is 0 Å². The van der Waals surface area contributed by atoms with E-state index >= 15 is 0 Å². The molecule has 1 fully saturated rings. The third-order valence-corrected chi connectivity index (χ3v) is 14.9. The number of hydrogen-bond acceptors (Lipinski definition) is 12. The van der Waals surface area contributed by atoms with Gasteiger partial charge < -0.3 is 24.5 Å². The number of aromatic nitrogens is 1. The molecular formula is C52H62N4O10S2. The summed E-state index contributed by atoms with van der Waals surface area (Å²) in [7, 11) is -1.12. The molecule has 3 aliphatic rings. The molecular weight excluding hydrogens is 905 g/mol. The molecule has 68 heavy (non-hydrogen) atoms. The molecule has 3 aromatic carbocycles. The molecule has 0 saturated carbocycles. The van der Waals surface area contributed by atoms with Crippen LogP contribution in [0, 0.1) is 6.92 Å². The fraction of sp³-hybridized carbons (Fsp3) is 0.404. The standard InChI is InChI=1S/C52H62N4O10S2/c1-9-28-55-46(52(6,27-31-63-8)49-40-32-35(2)33-43(67-66-65-58)41(40)34-53-50(49)55)21-14-10-13-20-45-51(5,26-30-62-7)48-39-18-16-19-44(68(59,60)61)38(39)23-24-42(48)54(45)29-15-11-12-17-37(4)64-56-36(3)22-25-47(56)57/h10,13-14,16,18-21,23-24,32-34H,3-4,9,11-12,15,17,22,25-31H2,1-2,5-8H3,(H-,58,59,60,61). The molecule has 1 amide bonds. The second kappa shape index (κ2) is 21.6. The number of amides is 1. The van der Waals surface area contributed by atoms with Gasteiger partial charge in [-0.2, -0.15) is 12.8 Å². The molecule has 3 aliphatic heterocycles. The smallest absolute Gasteiger partial charge is 0.328 e. The van der Waals surface area contributed by atoms with Crippen LogP contribution in [0.2, 0.25) is 0 Å². The Morgan fingerprint density at radius 2 is 1.74 bits per heavy atom. The maximum absolute atomic E-state index is 12.6. The maximum Gasteiger partial charge on any atom is 0.328 e. The van der Waals surface area contributed by atoms with Crippen molar-refractivity contribution < 1.29 is 51.3 Å². The molecule has 7 rings (SSSR count). The van der Waals surface area contributed by atoms with Crippen molar-refractivity contribution in [3.63, 3.8) is 0 Å². The molecule has 2 atom stereocenters. The van der Waals surface area contributed by atoms with Crippen LogP contribution in [0.25, 0.3) is 21.5 Å². The van der Waals surface area contributed by atoms with Crippen LogP contribution in [0.3, 0.4) is 0 Å². The van der Waals surface area contributed by atoms with E-state index in [1.54, 1.807) is 26.4 Å². The van der Waals surface area contributed by atoms with E-state index in [9.17, 15) is 23.0 Å². The second-order valence-corrected chi connectivity index (χ2v) is 20.1. The van der Waals surface area contributed by atoms with E-state index in [-0.39, 0.29) is 10.8 Å². The van der Waals surface area contributed by atoms with Gasteiger partial charge in [0.25, 0.3) is 16.0 Å². The number of hydroxylamine groups is 2. The SMILES string of the molecule is C=C(CCCCCN1/C(=C/C=C/C=C/C2=[N+](CCC)c3ncc4c(SOO[O-])cc(C)cc4c3C2(C)CCOC)C(C)(CCOC)c2c1ccc1c(S(=O)(=O)O)cccc21)ON1C(=C)CCC1=O. The lowest BCUT2D eigenvalue weighted by Gasteiger charge is -2.30. The van der Waals surface area contributed by atoms with Gasteiger partial charge in [0.05, 0.1) is 40.2 Å². The molecule has 362 valence electrons. The zero-order chi connectivity index (χ0) is 48.8. The lowest BCUT2D eigenvalue weighted by atomic mass is 9.75. The van der Waals surface area contributed by atoms with Gasteiger partial charge in [-0.1, -0.05) is 69.0 Å². The van der Waals surface area contributed by atoms with Gasteiger partial charge >= 0.3 is 5.82 Å². The van der Waals surface area contributed by atoms with Crippen LogP contribution in [-0.2, 0) is 49.4 Å². The number of unbranched alkanes of at least 4 members (excludes halogenated alkanes) is 2. The number of allylic oxidation sites excluding steroid dienone is 8. The van der Waals surface area contributed by atoms with Gasteiger partial charge in [0.15, 0.2) is 0 Å². The number of aryl methyl sites for hydroxylation is 1. The minimum absolute atomic E-state index is 0.112. The first-order valence-electron chi connectivity index (χ1n) is 23.1. The molecule has 0 radical (unpaired) electrons. The van der Waals surface area contributed by atoms with Crippen LogP contribution in [0.15, 0.2) is 119 Å². The van der Waals surface area contributed by atoms with Crippen LogP contribution in [-0.4, -0.2) is 79.7 Å². The highest BCUT2D eigenvalue weighted by Crippen LogP contribution is 2.53. The quantitative estimate of drug-likeness (QED) is 0.0109. The number of nitrogens with zero attached hydrogens (tertiary/aromatic N) is 4. The second-order valence-electron chi connectivity index (χ2n) is 18.0. The molecule has 1 saturated heterocycles. The summed E-state index contributed by atoms with van der Waals surface area (Å²) in [6, 6.07) is 12.9. The first-order chi connectivity index (χ1) is 32.6. The summed E-state index contributed by atoms with van der Waals surface area (Å²) in [6.07, 6.45) is 18.5. The van der Waals surface area contributed by atoms with E-state index < -0.39 is 20.9 Å². The summed E-state index contributed by atoms with van der Waals surface area (Å²) in [4.78, 5) is 26.0. The number of rotatable bonds is 23. The molecule has 16 heteroatoms. The number of carbonyl (C=O) groups excluding carboxylic acids is 1. The van der Waals surface area contributed by atoms with Crippen LogP contribution >= 0.6 is 12.0 Å². The highest BCUT2D eigenvalue weighted by atomic mass is 32.2. The first kappa shape index (κ1) is 50.7. The van der Waals surface area contributed by atoms with Crippen molar-refractivity contribution >= 4 is 66.8 Å². The highest BCUT2D eigenvalue weighted by Gasteiger charge is 2.48. The molecule has 14 nitrogen and oxygen atoms in total. The minimum atomic E-state index is -4.51. The van der Waals surface area contributed by atoms with E-state index in [0.29, 0.717) is 68.7 Å². The number of benzene rings is 3. The number of hydrogen-bond donors (Lipinski definition) is 1. The third kappa shape index (κ3) is 10.1. The molecule has 0 aliphatic carbocycles. The van der Waals surface area contributed by atoms with Crippen molar-refractivity contribution in [1.29, 1.82) is 0 Å². The summed E-state index contributed by atoms with van der Waals surface area (Å²) in [5, 5.41) is 18.9. The number of ether oxygens (including phenoxy) is 2. The fourth-order valence-corrected chi connectivity index (χ4v) is 11.4. The normalized spacial score (nSPS) is 20.1. The average molecular weight is 967 g/mol. The zero-order valence-electron chi connectivity index (χ0n) is 39.8. The van der Waals surface area contributed by atoms with Gasteiger partial charge in [-0.3, -0.25) is 14.4 Å². The van der Waals surface area contributed by atoms with Crippen molar-refractivity contribution in [3.05, 3.63) is 126 Å². The Balaban J connectivity index is 1.24. The van der Waals surface area contributed by atoms with E-state index in [1.807, 2.05) is 43.5 Å². The minimum Gasteiger partial charge on any atom is -0.691 e. The number of carbonyl (C=O) groups is 1. The number of pyridine rings is 1. The van der Waals surface area contributed by atoms with Crippen molar-refractivity contribution in [1.82, 2.24) is 10.0 Å².